The van der Waals surface area contributed by atoms with Gasteiger partial charge in [0.15, 0.2) is 17.1 Å². The highest BCUT2D eigenvalue weighted by Gasteiger charge is 2.24. The molecule has 186 valence electrons. The molecule has 35 heavy (non-hydrogen) atoms. The highest BCUT2D eigenvalue weighted by Crippen LogP contribution is 2.29. The van der Waals surface area contributed by atoms with Gasteiger partial charge in [-0.3, -0.25) is 4.79 Å². The average molecular weight is 499 g/mol. The molecule has 2 aromatic carbocycles. The number of aromatic nitrogens is 3. The lowest BCUT2D eigenvalue weighted by Crippen LogP contribution is -2.23. The zero-order valence-corrected chi connectivity index (χ0v) is 21.2. The van der Waals surface area contributed by atoms with Crippen molar-refractivity contribution in [3.8, 4) is 11.5 Å². The number of amides is 1. The highest BCUT2D eigenvalue weighted by molar-refractivity contribution is 8.00. The molecule has 2 atom stereocenters. The fraction of sp³-hybridized carbons (Fsp3) is 0.360. The summed E-state index contributed by atoms with van der Waals surface area (Å²) in [7, 11) is 1.60. The molecule has 1 heterocycles. The van der Waals surface area contributed by atoms with Crippen LogP contribution in [0.5, 0.6) is 11.5 Å². The Morgan fingerprint density at radius 1 is 1.06 bits per heavy atom. The second-order valence-electron chi connectivity index (χ2n) is 8.42. The Morgan fingerprint density at radius 2 is 1.77 bits per heavy atom. The second kappa shape index (κ2) is 11.7. The number of aromatic carboxylic acids is 1. The number of carboxylic acid groups (broad SMARTS) is 1. The third kappa shape index (κ3) is 6.98. The second-order valence-corrected chi connectivity index (χ2v) is 9.73. The molecular formula is C25H30N4O5S. The molecule has 0 aliphatic heterocycles. The molecule has 0 saturated carbocycles. The number of carbonyl (C=O) groups is 2. The number of hydrogen-bond acceptors (Lipinski definition) is 7. The van der Waals surface area contributed by atoms with Crippen molar-refractivity contribution < 1.29 is 24.2 Å². The smallest absolute Gasteiger partial charge is 0.335 e. The third-order valence-electron chi connectivity index (χ3n) is 5.04. The van der Waals surface area contributed by atoms with E-state index >= 15 is 0 Å². The lowest BCUT2D eigenvalue weighted by molar-refractivity contribution is -0.115. The molecule has 0 aliphatic carbocycles. The van der Waals surface area contributed by atoms with E-state index in [4.69, 9.17) is 14.6 Å². The Hall–Kier alpha value is -3.53. The summed E-state index contributed by atoms with van der Waals surface area (Å²) in [5, 5.41) is 20.8. The van der Waals surface area contributed by atoms with E-state index in [1.807, 2.05) is 29.7 Å². The molecule has 0 radical (unpaired) electrons. The number of hydrogen-bond donors (Lipinski definition) is 2. The molecule has 2 unspecified atom stereocenters. The predicted octanol–water partition coefficient (Wildman–Crippen LogP) is 4.90. The average Bonchev–Trinajstić information content (AvgIpc) is 3.20. The van der Waals surface area contributed by atoms with Gasteiger partial charge < -0.3 is 24.5 Å². The molecule has 3 rings (SSSR count). The molecule has 9 nitrogen and oxygen atoms in total. The van der Waals surface area contributed by atoms with Crippen LogP contribution >= 0.6 is 11.8 Å². The third-order valence-corrected chi connectivity index (χ3v) is 6.12. The molecule has 0 spiro atoms. The molecule has 1 amide bonds. The van der Waals surface area contributed by atoms with E-state index in [1.54, 1.807) is 32.2 Å². The monoisotopic (exact) mass is 498 g/mol. The number of benzene rings is 2. The van der Waals surface area contributed by atoms with E-state index in [-0.39, 0.29) is 17.6 Å². The summed E-state index contributed by atoms with van der Waals surface area (Å²) < 4.78 is 13.3. The fourth-order valence-electron chi connectivity index (χ4n) is 3.34. The number of carboxylic acids is 1. The quantitative estimate of drug-likeness (QED) is 0.359. The van der Waals surface area contributed by atoms with Crippen molar-refractivity contribution in [3.05, 3.63) is 59.9 Å². The van der Waals surface area contributed by atoms with Gasteiger partial charge in [0.2, 0.25) is 5.91 Å². The van der Waals surface area contributed by atoms with E-state index in [2.05, 4.69) is 29.4 Å². The first-order chi connectivity index (χ1) is 16.7. The molecule has 0 fully saturated rings. The van der Waals surface area contributed by atoms with Crippen molar-refractivity contribution in [2.75, 3.05) is 12.4 Å². The molecule has 0 bridgehead atoms. The van der Waals surface area contributed by atoms with Crippen molar-refractivity contribution in [3.63, 3.8) is 0 Å². The Labute approximate surface area is 208 Å². The number of ether oxygens (including phenoxy) is 2. The fourth-order valence-corrected chi connectivity index (χ4v) is 4.21. The number of methoxy groups -OCH3 is 1. The van der Waals surface area contributed by atoms with Gasteiger partial charge in [-0.2, -0.15) is 0 Å². The van der Waals surface area contributed by atoms with Crippen LogP contribution in [0.15, 0.2) is 53.7 Å². The predicted molar refractivity (Wildman–Crippen MR) is 134 cm³/mol. The molecule has 10 heteroatoms. The molecule has 0 saturated heterocycles. The van der Waals surface area contributed by atoms with E-state index in [0.717, 1.165) is 0 Å². The lowest BCUT2D eigenvalue weighted by Gasteiger charge is -2.19. The SMILES string of the molecule is COc1cccc(OC(C)c2nnc(SC(C)C(=O)Nc3cccc(C(=O)O)c3)n2CC(C)C)c1. The first kappa shape index (κ1) is 26.1. The van der Waals surface area contributed by atoms with Crippen LogP contribution in [0, 0.1) is 5.92 Å². The van der Waals surface area contributed by atoms with Crippen molar-refractivity contribution >= 4 is 29.3 Å². The minimum absolute atomic E-state index is 0.106. The summed E-state index contributed by atoms with van der Waals surface area (Å²) >= 11 is 1.29. The largest absolute Gasteiger partial charge is 0.497 e. The van der Waals surface area contributed by atoms with Crippen LogP contribution in [-0.2, 0) is 11.3 Å². The Bertz CT molecular complexity index is 1180. The molecule has 0 aliphatic rings. The van der Waals surface area contributed by atoms with Crippen LogP contribution in [0.3, 0.4) is 0 Å². The van der Waals surface area contributed by atoms with Gasteiger partial charge in [0.05, 0.1) is 17.9 Å². The maximum atomic E-state index is 12.8. The maximum Gasteiger partial charge on any atom is 0.335 e. The highest BCUT2D eigenvalue weighted by atomic mass is 32.2. The van der Waals surface area contributed by atoms with Crippen molar-refractivity contribution in [1.82, 2.24) is 14.8 Å². The zero-order chi connectivity index (χ0) is 25.5. The number of nitrogens with one attached hydrogen (secondary N) is 1. The number of carbonyl (C=O) groups excluding carboxylic acids is 1. The Kier molecular flexibility index (Phi) is 8.75. The summed E-state index contributed by atoms with van der Waals surface area (Å²) in [6, 6.07) is 13.5. The van der Waals surface area contributed by atoms with Crippen LogP contribution in [0.2, 0.25) is 0 Å². The van der Waals surface area contributed by atoms with Gasteiger partial charge in [-0.1, -0.05) is 37.7 Å². The van der Waals surface area contributed by atoms with E-state index in [0.29, 0.717) is 40.6 Å². The number of nitrogens with zero attached hydrogens (tertiary/aromatic N) is 3. The topological polar surface area (TPSA) is 116 Å². The molecule has 1 aromatic heterocycles. The summed E-state index contributed by atoms with van der Waals surface area (Å²) in [5.41, 5.74) is 0.529. The minimum Gasteiger partial charge on any atom is -0.497 e. The van der Waals surface area contributed by atoms with Crippen LogP contribution in [0.4, 0.5) is 5.69 Å². The summed E-state index contributed by atoms with van der Waals surface area (Å²) in [6.07, 6.45) is -0.384. The van der Waals surface area contributed by atoms with Crippen LogP contribution < -0.4 is 14.8 Å². The summed E-state index contributed by atoms with van der Waals surface area (Å²) in [5.74, 6) is 1.01. The number of thioether (sulfide) groups is 1. The summed E-state index contributed by atoms with van der Waals surface area (Å²) in [4.78, 5) is 24.0. The minimum atomic E-state index is -1.05. The van der Waals surface area contributed by atoms with Gasteiger partial charge >= 0.3 is 5.97 Å². The van der Waals surface area contributed by atoms with Gasteiger partial charge in [0.25, 0.3) is 0 Å². The van der Waals surface area contributed by atoms with Gasteiger partial charge in [-0.05, 0) is 50.1 Å². The molecule has 2 N–H and O–H groups in total. The van der Waals surface area contributed by atoms with Gasteiger partial charge in [0, 0.05) is 18.3 Å². The summed E-state index contributed by atoms with van der Waals surface area (Å²) in [6.45, 7) is 8.52. The van der Waals surface area contributed by atoms with Gasteiger partial charge in [-0.15, -0.1) is 10.2 Å². The lowest BCUT2D eigenvalue weighted by atomic mass is 10.2. The number of rotatable bonds is 11. The normalized spacial score (nSPS) is 12.7. The first-order valence-corrected chi connectivity index (χ1v) is 12.1. The maximum absolute atomic E-state index is 12.8. The number of anilines is 1. The molecular weight excluding hydrogens is 468 g/mol. The van der Waals surface area contributed by atoms with Gasteiger partial charge in [0.1, 0.15) is 11.5 Å². The van der Waals surface area contributed by atoms with Crippen molar-refractivity contribution in [2.45, 2.75) is 50.8 Å². The van der Waals surface area contributed by atoms with Crippen LogP contribution in [0.1, 0.15) is 50.0 Å². The van der Waals surface area contributed by atoms with Gasteiger partial charge in [-0.25, -0.2) is 4.79 Å². The van der Waals surface area contributed by atoms with Crippen molar-refractivity contribution in [1.29, 1.82) is 0 Å². The Balaban J connectivity index is 1.75. The van der Waals surface area contributed by atoms with E-state index in [9.17, 15) is 9.59 Å². The van der Waals surface area contributed by atoms with Crippen LogP contribution in [0.25, 0.3) is 0 Å². The molecule has 3 aromatic rings. The Morgan fingerprint density at radius 3 is 2.46 bits per heavy atom. The standard InChI is InChI=1S/C25H30N4O5S/c1-15(2)14-29-22(16(3)34-21-11-7-10-20(13-21)33-5)27-28-25(29)35-17(4)23(30)26-19-9-6-8-18(12-19)24(31)32/h6-13,15-17H,14H2,1-5H3,(H,26,30)(H,31,32). The first-order valence-electron chi connectivity index (χ1n) is 11.2. The zero-order valence-electron chi connectivity index (χ0n) is 20.4. The van der Waals surface area contributed by atoms with Crippen molar-refractivity contribution in [2.24, 2.45) is 5.92 Å². The van der Waals surface area contributed by atoms with E-state index in [1.165, 1.54) is 23.9 Å². The van der Waals surface area contributed by atoms with Crippen LogP contribution in [-0.4, -0.2) is 44.1 Å². The van der Waals surface area contributed by atoms with E-state index < -0.39 is 11.2 Å².